The highest BCUT2D eigenvalue weighted by atomic mass is 32.2. The maximum absolute atomic E-state index is 12.3. The molecular formula is C16H21N3O4S2. The van der Waals surface area contributed by atoms with Crippen molar-refractivity contribution in [1.29, 1.82) is 0 Å². The molecule has 0 bridgehead atoms. The molecule has 25 heavy (non-hydrogen) atoms. The van der Waals surface area contributed by atoms with Gasteiger partial charge in [-0.05, 0) is 49.2 Å². The number of anilines is 1. The number of nitrogens with one attached hydrogen (secondary N) is 2. The molecule has 7 nitrogen and oxygen atoms in total. The predicted molar refractivity (Wildman–Crippen MR) is 96.2 cm³/mol. The molecule has 9 heteroatoms. The van der Waals surface area contributed by atoms with Gasteiger partial charge in [0.05, 0.1) is 15.5 Å². The number of hydrogen-bond donors (Lipinski definition) is 2. The van der Waals surface area contributed by atoms with E-state index in [4.69, 9.17) is 0 Å². The first kappa shape index (κ1) is 19.4. The molecule has 1 aromatic heterocycles. The number of nitrogens with zero attached hydrogens (tertiary/aromatic N) is 1. The zero-order valence-electron chi connectivity index (χ0n) is 14.0. The summed E-state index contributed by atoms with van der Waals surface area (Å²) in [5, 5.41) is 0. The lowest BCUT2D eigenvalue weighted by molar-refractivity contribution is 0.530. The maximum atomic E-state index is 12.3. The Morgan fingerprint density at radius 2 is 1.32 bits per heavy atom. The van der Waals surface area contributed by atoms with Gasteiger partial charge in [-0.25, -0.2) is 21.6 Å². The van der Waals surface area contributed by atoms with Crippen LogP contribution in [0.4, 0.5) is 5.69 Å². The third kappa shape index (κ3) is 5.00. The summed E-state index contributed by atoms with van der Waals surface area (Å²) in [5.41, 5.74) is 0.377. The van der Waals surface area contributed by atoms with Gasteiger partial charge in [-0.3, -0.25) is 9.71 Å². The summed E-state index contributed by atoms with van der Waals surface area (Å²) in [6, 6.07) is 8.00. The Balaban J connectivity index is 2.21. The number of pyridine rings is 1. The van der Waals surface area contributed by atoms with Crippen LogP contribution in [0.3, 0.4) is 0 Å². The first-order valence-electron chi connectivity index (χ1n) is 7.83. The van der Waals surface area contributed by atoms with E-state index in [2.05, 4.69) is 14.4 Å². The summed E-state index contributed by atoms with van der Waals surface area (Å²) in [7, 11) is -7.48. The van der Waals surface area contributed by atoms with Gasteiger partial charge in [0.2, 0.25) is 10.0 Å². The average Bonchev–Trinajstić information content (AvgIpc) is 2.60. The topological polar surface area (TPSA) is 105 Å². The van der Waals surface area contributed by atoms with E-state index in [1.165, 1.54) is 48.8 Å². The quantitative estimate of drug-likeness (QED) is 0.728. The van der Waals surface area contributed by atoms with Crippen LogP contribution < -0.4 is 9.44 Å². The second-order valence-corrected chi connectivity index (χ2v) is 8.84. The van der Waals surface area contributed by atoms with Crippen molar-refractivity contribution >= 4 is 25.7 Å². The minimum Gasteiger partial charge on any atom is -0.280 e. The van der Waals surface area contributed by atoms with Crippen molar-refractivity contribution in [1.82, 2.24) is 9.71 Å². The lowest BCUT2D eigenvalue weighted by atomic mass is 10.2. The molecule has 0 saturated heterocycles. The van der Waals surface area contributed by atoms with Crippen LogP contribution in [0, 0.1) is 0 Å². The zero-order valence-corrected chi connectivity index (χ0v) is 15.6. The van der Waals surface area contributed by atoms with Crippen LogP contribution >= 0.6 is 0 Å². The van der Waals surface area contributed by atoms with Gasteiger partial charge in [0.1, 0.15) is 0 Å². The minimum atomic E-state index is -3.80. The van der Waals surface area contributed by atoms with Gasteiger partial charge in [-0.1, -0.05) is 13.8 Å². The largest absolute Gasteiger partial charge is 0.280 e. The molecule has 0 aliphatic heterocycles. The van der Waals surface area contributed by atoms with E-state index < -0.39 is 20.0 Å². The predicted octanol–water partition coefficient (Wildman–Crippen LogP) is 2.35. The van der Waals surface area contributed by atoms with E-state index >= 15 is 0 Å². The second kappa shape index (κ2) is 7.94. The third-order valence-corrected chi connectivity index (χ3v) is 6.62. The van der Waals surface area contributed by atoms with Crippen LogP contribution in [-0.4, -0.2) is 27.9 Å². The fraction of sp³-hybridized carbons (Fsp3) is 0.312. The Hall–Kier alpha value is -1.97. The molecule has 0 saturated carbocycles. The van der Waals surface area contributed by atoms with Gasteiger partial charge in [-0.15, -0.1) is 0 Å². The molecule has 0 fully saturated rings. The van der Waals surface area contributed by atoms with Crippen molar-refractivity contribution in [3.8, 4) is 0 Å². The highest BCUT2D eigenvalue weighted by molar-refractivity contribution is 7.92. The lowest BCUT2D eigenvalue weighted by Crippen LogP contribution is -2.33. The van der Waals surface area contributed by atoms with Crippen LogP contribution in [0.2, 0.25) is 0 Å². The molecule has 0 aliphatic carbocycles. The summed E-state index contributed by atoms with van der Waals surface area (Å²) in [6.45, 7) is 3.80. The van der Waals surface area contributed by atoms with Crippen LogP contribution in [-0.2, 0) is 20.0 Å². The molecule has 2 rings (SSSR count). The van der Waals surface area contributed by atoms with Gasteiger partial charge in [0.25, 0.3) is 10.0 Å². The molecule has 2 N–H and O–H groups in total. The first-order chi connectivity index (χ1) is 11.8. The zero-order chi connectivity index (χ0) is 18.5. The van der Waals surface area contributed by atoms with Crippen molar-refractivity contribution in [2.45, 2.75) is 42.5 Å². The van der Waals surface area contributed by atoms with Gasteiger partial charge in [-0.2, -0.15) is 0 Å². The minimum absolute atomic E-state index is 0.0224. The van der Waals surface area contributed by atoms with Crippen molar-refractivity contribution < 1.29 is 16.8 Å². The Labute approximate surface area is 148 Å². The van der Waals surface area contributed by atoms with Crippen molar-refractivity contribution in [3.63, 3.8) is 0 Å². The Morgan fingerprint density at radius 3 is 1.80 bits per heavy atom. The normalized spacial score (nSPS) is 12.3. The van der Waals surface area contributed by atoms with Gasteiger partial charge < -0.3 is 0 Å². The number of hydrogen-bond acceptors (Lipinski definition) is 5. The molecule has 0 amide bonds. The number of benzene rings is 1. The summed E-state index contributed by atoms with van der Waals surface area (Å²) in [5.74, 6) is 0. The van der Waals surface area contributed by atoms with Crippen LogP contribution in [0.1, 0.15) is 26.7 Å². The van der Waals surface area contributed by atoms with Gasteiger partial charge in [0.15, 0.2) is 0 Å². The lowest BCUT2D eigenvalue weighted by Gasteiger charge is -2.15. The highest BCUT2D eigenvalue weighted by Crippen LogP contribution is 2.18. The van der Waals surface area contributed by atoms with Crippen molar-refractivity contribution in [2.24, 2.45) is 0 Å². The molecule has 0 spiro atoms. The Morgan fingerprint density at radius 1 is 0.840 bits per heavy atom. The van der Waals surface area contributed by atoms with Gasteiger partial charge >= 0.3 is 0 Å². The standard InChI is InChI=1S/C16H21N3O4S2/c1-3-13(4-2)18-24(20,21)15-5-7-16(8-6-15)25(22,23)19-14-9-11-17-12-10-14/h5-13,18H,3-4H2,1-2H3,(H,17,19). The number of rotatable bonds is 8. The number of aromatic nitrogens is 1. The van der Waals surface area contributed by atoms with E-state index in [-0.39, 0.29) is 15.8 Å². The third-order valence-electron chi connectivity index (χ3n) is 3.68. The maximum Gasteiger partial charge on any atom is 0.261 e. The summed E-state index contributed by atoms with van der Waals surface area (Å²) >= 11 is 0. The highest BCUT2D eigenvalue weighted by Gasteiger charge is 2.20. The molecule has 136 valence electrons. The summed E-state index contributed by atoms with van der Waals surface area (Å²) in [4.78, 5) is 3.82. The van der Waals surface area contributed by atoms with E-state index in [1.807, 2.05) is 13.8 Å². The fourth-order valence-corrected chi connectivity index (χ4v) is 4.64. The van der Waals surface area contributed by atoms with Crippen molar-refractivity contribution in [2.75, 3.05) is 4.72 Å². The molecule has 2 aromatic rings. The molecule has 1 heterocycles. The fourth-order valence-electron chi connectivity index (χ4n) is 2.17. The molecular weight excluding hydrogens is 362 g/mol. The number of sulfonamides is 2. The summed E-state index contributed by atoms with van der Waals surface area (Å²) in [6.07, 6.45) is 4.30. The monoisotopic (exact) mass is 383 g/mol. The molecule has 0 aliphatic rings. The van der Waals surface area contributed by atoms with Gasteiger partial charge in [0, 0.05) is 18.4 Å². The van der Waals surface area contributed by atoms with E-state index in [1.54, 1.807) is 0 Å². The Kier molecular flexibility index (Phi) is 6.15. The molecule has 0 atom stereocenters. The summed E-state index contributed by atoms with van der Waals surface area (Å²) < 4.78 is 54.3. The second-order valence-electron chi connectivity index (χ2n) is 5.45. The molecule has 0 unspecified atom stereocenters. The molecule has 0 radical (unpaired) electrons. The van der Waals surface area contributed by atoms with E-state index in [0.29, 0.717) is 18.5 Å². The molecule has 1 aromatic carbocycles. The smallest absolute Gasteiger partial charge is 0.261 e. The van der Waals surface area contributed by atoms with Crippen LogP contribution in [0.15, 0.2) is 58.6 Å². The van der Waals surface area contributed by atoms with Crippen molar-refractivity contribution in [3.05, 3.63) is 48.8 Å². The average molecular weight is 383 g/mol. The SMILES string of the molecule is CCC(CC)NS(=O)(=O)c1ccc(S(=O)(=O)Nc2ccncc2)cc1. The van der Waals surface area contributed by atoms with E-state index in [0.717, 1.165) is 0 Å². The van der Waals surface area contributed by atoms with Crippen LogP contribution in [0.25, 0.3) is 0 Å². The van der Waals surface area contributed by atoms with Crippen LogP contribution in [0.5, 0.6) is 0 Å². The van der Waals surface area contributed by atoms with E-state index in [9.17, 15) is 16.8 Å². The Bertz CT molecular complexity index is 892. The first-order valence-corrected chi connectivity index (χ1v) is 10.8.